The minimum Gasteiger partial charge on any atom is -0.207 e. The zero-order valence-corrected chi connectivity index (χ0v) is 7.78. The van der Waals surface area contributed by atoms with Gasteiger partial charge < -0.3 is 0 Å². The highest BCUT2D eigenvalue weighted by molar-refractivity contribution is 8.40. The average Bonchev–Trinajstić information content (AvgIpc) is 1.84. The van der Waals surface area contributed by atoms with Gasteiger partial charge >= 0.3 is 0 Å². The van der Waals surface area contributed by atoms with Crippen LogP contribution in [0.25, 0.3) is 0 Å². The van der Waals surface area contributed by atoms with Crippen molar-refractivity contribution in [1.82, 2.24) is 0 Å². The number of halogens is 3. The molecule has 0 nitrogen and oxygen atoms in total. The first-order chi connectivity index (χ1) is 5.26. The van der Waals surface area contributed by atoms with Gasteiger partial charge in [-0.05, 0) is 34.2 Å². The maximum absolute atomic E-state index is 13.3. The monoisotopic (exact) mass is 196 g/mol. The zero-order chi connectivity index (χ0) is 9.43. The van der Waals surface area contributed by atoms with Crippen molar-refractivity contribution < 1.29 is 12.2 Å². The smallest absolute Gasteiger partial charge is 0.123 e. The molecule has 1 aromatic carbocycles. The van der Waals surface area contributed by atoms with E-state index in [1.54, 1.807) is 0 Å². The minimum atomic E-state index is -4.68. The number of rotatable bonds is 1. The van der Waals surface area contributed by atoms with Crippen molar-refractivity contribution in [2.45, 2.75) is 4.90 Å². The molecule has 0 spiro atoms. The summed E-state index contributed by atoms with van der Waals surface area (Å²) in [6.45, 7) is 0. The summed E-state index contributed by atoms with van der Waals surface area (Å²) in [7, 11) is -4.68. The molecule has 1 aromatic rings. The Hall–Kier alpha value is -0.640. The van der Waals surface area contributed by atoms with Crippen LogP contribution in [0.15, 0.2) is 29.2 Å². The molecule has 12 heavy (non-hydrogen) atoms. The van der Waals surface area contributed by atoms with Gasteiger partial charge in [-0.3, -0.25) is 0 Å². The zero-order valence-electron chi connectivity index (χ0n) is 6.89. The lowest BCUT2D eigenvalue weighted by molar-refractivity contribution is 0.625. The molecule has 0 bridgehead atoms. The third-order valence-corrected chi connectivity index (χ3v) is 3.26. The maximum Gasteiger partial charge on any atom is 0.123 e. The van der Waals surface area contributed by atoms with Crippen LogP contribution in [0.2, 0.25) is 0 Å². The first kappa shape index (κ1) is 9.45. The largest absolute Gasteiger partial charge is 0.207 e. The van der Waals surface area contributed by atoms with E-state index >= 15 is 0 Å². The summed E-state index contributed by atoms with van der Waals surface area (Å²) in [4.78, 5) is -0.0533. The van der Waals surface area contributed by atoms with Crippen LogP contribution < -0.4 is 0 Å². The fraction of sp³-hybridized carbons (Fsp3) is 0.250. The van der Waals surface area contributed by atoms with Gasteiger partial charge in [0.1, 0.15) is 5.82 Å². The lowest BCUT2D eigenvalue weighted by Crippen LogP contribution is -2.00. The third-order valence-electron chi connectivity index (χ3n) is 1.54. The Morgan fingerprint density at radius 3 is 1.75 bits per heavy atom. The van der Waals surface area contributed by atoms with Gasteiger partial charge in [0.05, 0.1) is 0 Å². The second-order valence-electron chi connectivity index (χ2n) is 3.28. The minimum absolute atomic E-state index is 0.0533. The van der Waals surface area contributed by atoms with Crippen molar-refractivity contribution in [2.24, 2.45) is 0 Å². The van der Waals surface area contributed by atoms with E-state index in [4.69, 9.17) is 0 Å². The van der Waals surface area contributed by atoms with E-state index in [1.165, 1.54) is 0 Å². The normalized spacial score (nSPS) is 15.2. The lowest BCUT2D eigenvalue weighted by atomic mass is 10.4. The Bertz CT molecular complexity index is 274. The van der Waals surface area contributed by atoms with Gasteiger partial charge in [-0.2, -0.15) is 7.77 Å². The van der Waals surface area contributed by atoms with Crippen molar-refractivity contribution in [1.29, 1.82) is 0 Å². The molecule has 0 saturated heterocycles. The van der Waals surface area contributed by atoms with Crippen molar-refractivity contribution in [3.05, 3.63) is 30.1 Å². The van der Waals surface area contributed by atoms with Crippen LogP contribution in [0.1, 0.15) is 0 Å². The van der Waals surface area contributed by atoms with Crippen molar-refractivity contribution in [2.75, 3.05) is 12.5 Å². The molecular formula is C8H11F3S. The summed E-state index contributed by atoms with van der Waals surface area (Å²) in [5.74, 6) is -0.487. The molecule has 0 aliphatic heterocycles. The van der Waals surface area contributed by atoms with Crippen LogP contribution in [0, 0.1) is 5.82 Å². The van der Waals surface area contributed by atoms with E-state index in [2.05, 4.69) is 0 Å². The van der Waals surface area contributed by atoms with Gasteiger partial charge in [0.25, 0.3) is 0 Å². The Balaban J connectivity index is 3.15. The summed E-state index contributed by atoms with van der Waals surface area (Å²) < 4.78 is 38.9. The lowest BCUT2D eigenvalue weighted by Gasteiger charge is -2.38. The van der Waals surface area contributed by atoms with E-state index in [0.29, 0.717) is 0 Å². The highest BCUT2D eigenvalue weighted by atomic mass is 32.4. The van der Waals surface area contributed by atoms with Crippen molar-refractivity contribution in [3.8, 4) is 0 Å². The first-order valence-corrected chi connectivity index (χ1v) is 6.38. The predicted octanol–water partition coefficient (Wildman–Crippen LogP) is 3.29. The van der Waals surface area contributed by atoms with Gasteiger partial charge in [0.2, 0.25) is 0 Å². The molecule has 0 aliphatic rings. The van der Waals surface area contributed by atoms with Gasteiger partial charge in [-0.25, -0.2) is 4.39 Å². The highest BCUT2D eigenvalue weighted by Gasteiger charge is 2.29. The van der Waals surface area contributed by atoms with Gasteiger partial charge in [-0.1, -0.05) is 0 Å². The summed E-state index contributed by atoms with van der Waals surface area (Å²) >= 11 is 0. The highest BCUT2D eigenvalue weighted by Crippen LogP contribution is 2.72. The molecule has 0 saturated carbocycles. The van der Waals surface area contributed by atoms with E-state index in [1.807, 2.05) is 0 Å². The molecule has 0 atom stereocenters. The molecule has 70 valence electrons. The molecule has 0 heterocycles. The molecule has 0 fully saturated rings. The Labute approximate surface area is 70.3 Å². The first-order valence-electron chi connectivity index (χ1n) is 3.47. The van der Waals surface area contributed by atoms with Crippen molar-refractivity contribution in [3.63, 3.8) is 0 Å². The van der Waals surface area contributed by atoms with Crippen LogP contribution in [-0.4, -0.2) is 12.5 Å². The van der Waals surface area contributed by atoms with Gasteiger partial charge in [-0.15, -0.1) is 0 Å². The molecule has 0 amide bonds. The molecule has 4 heteroatoms. The van der Waals surface area contributed by atoms with E-state index in [9.17, 15) is 12.2 Å². The van der Waals surface area contributed by atoms with Gasteiger partial charge in [0.15, 0.2) is 0 Å². The second kappa shape index (κ2) is 2.42. The van der Waals surface area contributed by atoms with Crippen LogP contribution in [0.5, 0.6) is 0 Å². The van der Waals surface area contributed by atoms with Crippen molar-refractivity contribution >= 4 is 9.93 Å². The number of hydrogen-bond acceptors (Lipinski definition) is 0. The summed E-state index contributed by atoms with van der Waals surface area (Å²) in [6.07, 6.45) is 1.86. The summed E-state index contributed by atoms with van der Waals surface area (Å²) in [5, 5.41) is 0. The molecule has 0 unspecified atom stereocenters. The fourth-order valence-electron chi connectivity index (χ4n) is 0.852. The average molecular weight is 196 g/mol. The Morgan fingerprint density at radius 1 is 1.00 bits per heavy atom. The van der Waals surface area contributed by atoms with Gasteiger partial charge in [0, 0.05) is 17.4 Å². The van der Waals surface area contributed by atoms with E-state index in [-0.39, 0.29) is 4.90 Å². The maximum atomic E-state index is 13.3. The number of benzene rings is 1. The van der Waals surface area contributed by atoms with E-state index in [0.717, 1.165) is 36.8 Å². The molecule has 0 aliphatic carbocycles. The summed E-state index contributed by atoms with van der Waals surface area (Å²) in [6, 6.07) is 4.41. The number of hydrogen-bond donors (Lipinski definition) is 1. The molecule has 0 aromatic heterocycles. The number of thiol groups is 1. The van der Waals surface area contributed by atoms with Crippen LogP contribution >= 0.6 is 9.93 Å². The molecular weight excluding hydrogens is 185 g/mol. The Morgan fingerprint density at radius 2 is 1.42 bits per heavy atom. The van der Waals surface area contributed by atoms with Crippen LogP contribution in [0.4, 0.5) is 12.2 Å². The third kappa shape index (κ3) is 2.17. The topological polar surface area (TPSA) is 0 Å². The standard InChI is InChI=1S/C8H11F3S/c1-12(2,10,11)8-5-3-7(9)4-6-8/h3-6,12H,1-2H3. The Kier molecular flexibility index (Phi) is 1.91. The molecule has 0 N–H and O–H groups in total. The summed E-state index contributed by atoms with van der Waals surface area (Å²) in [5.41, 5.74) is 0. The fourth-order valence-corrected chi connectivity index (χ4v) is 1.82. The SMILES string of the molecule is C[SH](C)(F)(F)c1ccc(F)cc1. The van der Waals surface area contributed by atoms with Crippen LogP contribution in [-0.2, 0) is 0 Å². The molecule has 1 rings (SSSR count). The second-order valence-corrected chi connectivity index (χ2v) is 7.40. The quantitative estimate of drug-likeness (QED) is 0.655. The van der Waals surface area contributed by atoms with E-state index < -0.39 is 15.8 Å². The van der Waals surface area contributed by atoms with Crippen LogP contribution in [0.3, 0.4) is 0 Å². The molecule has 0 radical (unpaired) electrons. The predicted molar refractivity (Wildman–Crippen MR) is 47.7 cm³/mol.